The van der Waals surface area contributed by atoms with Crippen LogP contribution in [0.25, 0.3) is 0 Å². The zero-order valence-electron chi connectivity index (χ0n) is 14.4. The molecule has 1 aromatic rings. The third kappa shape index (κ3) is 7.17. The number of carbonyl (C=O) groups excluding carboxylic acids is 2. The number of H-pyrrole nitrogens is 1. The molecule has 146 valence electrons. The molecule has 2 amide bonds. The zero-order chi connectivity index (χ0) is 19.5. The van der Waals surface area contributed by atoms with Gasteiger partial charge in [-0.25, -0.2) is 9.78 Å². The van der Waals surface area contributed by atoms with Crippen molar-refractivity contribution in [3.63, 3.8) is 0 Å². The average Bonchev–Trinajstić information content (AvgIpc) is 3.12. The maximum Gasteiger partial charge on any atom is 0.326 e. The highest BCUT2D eigenvalue weighted by molar-refractivity contribution is 5.91. The van der Waals surface area contributed by atoms with Crippen LogP contribution in [0.15, 0.2) is 12.5 Å². The number of carbonyl (C=O) groups is 3. The monoisotopic (exact) mass is 370 g/mol. The zero-order valence-corrected chi connectivity index (χ0v) is 14.4. The van der Waals surface area contributed by atoms with Crippen LogP contribution >= 0.6 is 0 Å². The Morgan fingerprint density at radius 3 is 2.42 bits per heavy atom. The van der Waals surface area contributed by atoms with E-state index in [1.165, 1.54) is 12.5 Å². The average molecular weight is 370 g/mol. The molecule has 11 nitrogen and oxygen atoms in total. The number of unbranched alkanes of at least 4 members (excludes halogenated alkanes) is 1. The number of imidazole rings is 1. The van der Waals surface area contributed by atoms with Crippen molar-refractivity contribution in [3.05, 3.63) is 18.2 Å². The fraction of sp³-hybridized carbons (Fsp3) is 0.600. The van der Waals surface area contributed by atoms with Gasteiger partial charge in [0, 0.05) is 18.3 Å². The second-order valence-corrected chi connectivity index (χ2v) is 5.82. The van der Waals surface area contributed by atoms with Crippen molar-refractivity contribution < 1.29 is 24.6 Å². The number of hydrogen-bond donors (Lipinski definition) is 7. The largest absolute Gasteiger partial charge is 0.480 e. The minimum absolute atomic E-state index is 0.0146. The van der Waals surface area contributed by atoms with Gasteiger partial charge in [-0.2, -0.15) is 0 Å². The summed E-state index contributed by atoms with van der Waals surface area (Å²) in [4.78, 5) is 42.3. The number of aromatic nitrogens is 2. The van der Waals surface area contributed by atoms with Gasteiger partial charge >= 0.3 is 5.97 Å². The van der Waals surface area contributed by atoms with E-state index < -0.39 is 42.5 Å². The lowest BCUT2D eigenvalue weighted by molar-refractivity contribution is -0.142. The number of aromatic amines is 1. The predicted octanol–water partition coefficient (Wildman–Crippen LogP) is -2.54. The molecule has 0 aliphatic rings. The summed E-state index contributed by atoms with van der Waals surface area (Å²) in [5.41, 5.74) is 11.4. The fourth-order valence-corrected chi connectivity index (χ4v) is 2.21. The Labute approximate surface area is 150 Å². The molecule has 1 rings (SSSR count). The van der Waals surface area contributed by atoms with Crippen LogP contribution in [-0.4, -0.2) is 69.2 Å². The Morgan fingerprint density at radius 1 is 1.19 bits per heavy atom. The van der Waals surface area contributed by atoms with Gasteiger partial charge in [-0.1, -0.05) is 0 Å². The van der Waals surface area contributed by atoms with E-state index in [2.05, 4.69) is 20.6 Å². The lowest BCUT2D eigenvalue weighted by atomic mass is 10.1. The molecule has 1 aromatic heterocycles. The quantitative estimate of drug-likeness (QED) is 0.195. The minimum atomic E-state index is -1.22. The van der Waals surface area contributed by atoms with Gasteiger partial charge in [0.15, 0.2) is 0 Å². The lowest BCUT2D eigenvalue weighted by Gasteiger charge is -2.22. The van der Waals surface area contributed by atoms with Crippen LogP contribution < -0.4 is 22.1 Å². The van der Waals surface area contributed by atoms with E-state index in [0.29, 0.717) is 25.1 Å². The van der Waals surface area contributed by atoms with Gasteiger partial charge in [-0.15, -0.1) is 0 Å². The molecule has 9 N–H and O–H groups in total. The summed E-state index contributed by atoms with van der Waals surface area (Å²) in [5.74, 6) is -2.56. The second kappa shape index (κ2) is 11.2. The van der Waals surface area contributed by atoms with Crippen LogP contribution in [0, 0.1) is 0 Å². The minimum Gasteiger partial charge on any atom is -0.480 e. The maximum absolute atomic E-state index is 12.5. The third-order valence-corrected chi connectivity index (χ3v) is 3.71. The lowest BCUT2D eigenvalue weighted by Crippen LogP contribution is -2.55. The Morgan fingerprint density at radius 2 is 1.88 bits per heavy atom. The van der Waals surface area contributed by atoms with E-state index in [1.54, 1.807) is 0 Å². The molecule has 0 aliphatic carbocycles. The first-order chi connectivity index (χ1) is 12.4. The number of aliphatic hydroxyl groups excluding tert-OH is 1. The van der Waals surface area contributed by atoms with Crippen molar-refractivity contribution in [1.29, 1.82) is 0 Å². The normalized spacial score (nSPS) is 14.3. The Kier molecular flexibility index (Phi) is 9.26. The number of aliphatic carboxylic acids is 1. The third-order valence-electron chi connectivity index (χ3n) is 3.71. The summed E-state index contributed by atoms with van der Waals surface area (Å²) < 4.78 is 0. The van der Waals surface area contributed by atoms with Crippen molar-refractivity contribution in [2.75, 3.05) is 13.2 Å². The molecule has 0 aromatic carbocycles. The van der Waals surface area contributed by atoms with Gasteiger partial charge in [0.05, 0.1) is 12.9 Å². The summed E-state index contributed by atoms with van der Waals surface area (Å²) in [5, 5.41) is 23.1. The molecule has 0 unspecified atom stereocenters. The van der Waals surface area contributed by atoms with E-state index in [0.717, 1.165) is 0 Å². The summed E-state index contributed by atoms with van der Waals surface area (Å²) in [6, 6.07) is -3.33. The highest BCUT2D eigenvalue weighted by Gasteiger charge is 2.28. The molecule has 0 fully saturated rings. The predicted molar refractivity (Wildman–Crippen MR) is 91.8 cm³/mol. The van der Waals surface area contributed by atoms with Crippen molar-refractivity contribution in [2.24, 2.45) is 11.5 Å². The molecule has 26 heavy (non-hydrogen) atoms. The summed E-state index contributed by atoms with van der Waals surface area (Å²) in [6.45, 7) is -0.142. The van der Waals surface area contributed by atoms with E-state index in [-0.39, 0.29) is 12.8 Å². The highest BCUT2D eigenvalue weighted by Crippen LogP contribution is 2.04. The van der Waals surface area contributed by atoms with E-state index in [1.807, 2.05) is 0 Å². The van der Waals surface area contributed by atoms with Gasteiger partial charge in [0.2, 0.25) is 11.8 Å². The smallest absolute Gasteiger partial charge is 0.326 e. The van der Waals surface area contributed by atoms with Crippen LogP contribution in [0.5, 0.6) is 0 Å². The first kappa shape index (κ1) is 21.5. The Balaban J connectivity index is 2.76. The van der Waals surface area contributed by atoms with Crippen molar-refractivity contribution in [1.82, 2.24) is 20.6 Å². The number of nitrogens with two attached hydrogens (primary N) is 2. The van der Waals surface area contributed by atoms with E-state index >= 15 is 0 Å². The van der Waals surface area contributed by atoms with Gasteiger partial charge in [-0.3, -0.25) is 9.59 Å². The molecule has 3 atom stereocenters. The number of carboxylic acids is 1. The summed E-state index contributed by atoms with van der Waals surface area (Å²) in [7, 11) is 0. The van der Waals surface area contributed by atoms with Crippen LogP contribution in [0.1, 0.15) is 25.0 Å². The first-order valence-electron chi connectivity index (χ1n) is 8.26. The van der Waals surface area contributed by atoms with Crippen molar-refractivity contribution in [3.8, 4) is 0 Å². The first-order valence-corrected chi connectivity index (χ1v) is 8.26. The molecule has 0 aliphatic heterocycles. The molecule has 1 heterocycles. The SMILES string of the molecule is NCCCC[C@H](NC(=O)[C@@H](N)CO)C(=O)N[C@@H](Cc1cnc[nH]1)C(=O)O. The number of rotatable bonds is 12. The fourth-order valence-electron chi connectivity index (χ4n) is 2.21. The van der Waals surface area contributed by atoms with E-state index in [4.69, 9.17) is 16.6 Å². The molecule has 11 heteroatoms. The number of carboxylic acid groups (broad SMARTS) is 1. The van der Waals surface area contributed by atoms with Crippen LogP contribution in [-0.2, 0) is 20.8 Å². The van der Waals surface area contributed by atoms with Crippen LogP contribution in [0.4, 0.5) is 0 Å². The van der Waals surface area contributed by atoms with E-state index in [9.17, 15) is 19.5 Å². The Hall–Kier alpha value is -2.50. The summed E-state index contributed by atoms with van der Waals surface area (Å²) in [6.07, 6.45) is 4.35. The molecule has 0 bridgehead atoms. The topological polar surface area (TPSA) is 196 Å². The van der Waals surface area contributed by atoms with Crippen molar-refractivity contribution in [2.45, 2.75) is 43.8 Å². The van der Waals surface area contributed by atoms with Crippen molar-refractivity contribution >= 4 is 17.8 Å². The van der Waals surface area contributed by atoms with Gasteiger partial charge in [0.1, 0.15) is 18.1 Å². The van der Waals surface area contributed by atoms with Crippen LogP contribution in [0.2, 0.25) is 0 Å². The van der Waals surface area contributed by atoms with Gasteiger partial charge in [0.25, 0.3) is 0 Å². The number of nitrogens with one attached hydrogen (secondary N) is 3. The molecular formula is C15H26N6O5. The number of nitrogens with zero attached hydrogens (tertiary/aromatic N) is 1. The Bertz CT molecular complexity index is 579. The molecule has 0 radical (unpaired) electrons. The molecule has 0 saturated carbocycles. The van der Waals surface area contributed by atoms with Crippen LogP contribution in [0.3, 0.4) is 0 Å². The second-order valence-electron chi connectivity index (χ2n) is 5.82. The number of hydrogen-bond acceptors (Lipinski definition) is 7. The highest BCUT2D eigenvalue weighted by atomic mass is 16.4. The maximum atomic E-state index is 12.5. The van der Waals surface area contributed by atoms with Gasteiger partial charge in [-0.05, 0) is 25.8 Å². The number of amides is 2. The van der Waals surface area contributed by atoms with Gasteiger partial charge < -0.3 is 37.3 Å². The molecule has 0 saturated heterocycles. The number of aliphatic hydroxyl groups is 1. The summed E-state index contributed by atoms with van der Waals surface area (Å²) >= 11 is 0. The molecule has 0 spiro atoms. The standard InChI is InChI=1S/C15H26N6O5/c16-4-2-1-3-11(20-13(23)10(17)7-22)14(24)21-12(15(25)26)5-9-6-18-8-19-9/h6,8,10-12,22H,1-5,7,16-17H2,(H,18,19)(H,20,23)(H,21,24)(H,25,26)/t10-,11-,12-/m0/s1. The molecular weight excluding hydrogens is 344 g/mol.